The second-order valence-electron chi connectivity index (χ2n) is 6.12. The third-order valence-corrected chi connectivity index (χ3v) is 5.29. The fourth-order valence-electron chi connectivity index (χ4n) is 2.80. The van der Waals surface area contributed by atoms with Crippen LogP contribution in [0.25, 0.3) is 6.08 Å². The fourth-order valence-corrected chi connectivity index (χ4v) is 4.14. The molecule has 1 N–H and O–H groups in total. The summed E-state index contributed by atoms with van der Waals surface area (Å²) in [5.74, 6) is -0.862. The topological polar surface area (TPSA) is 66.8 Å². The molecular weight excluding hydrogens is 358 g/mol. The third-order valence-electron chi connectivity index (χ3n) is 3.96. The Morgan fingerprint density at radius 1 is 1.40 bits per heavy atom. The van der Waals surface area contributed by atoms with Crippen molar-refractivity contribution >= 4 is 46.3 Å². The number of benzene rings is 1. The quantitative estimate of drug-likeness (QED) is 0.643. The molecule has 2 aliphatic heterocycles. The lowest BCUT2D eigenvalue weighted by Gasteiger charge is -2.26. The Kier molecular flexibility index (Phi) is 4.96. The van der Waals surface area contributed by atoms with Crippen LogP contribution in [0.1, 0.15) is 19.4 Å². The van der Waals surface area contributed by atoms with E-state index in [2.05, 4.69) is 0 Å². The zero-order valence-corrected chi connectivity index (χ0v) is 15.4. The lowest BCUT2D eigenvalue weighted by molar-refractivity contribution is -0.146. The van der Waals surface area contributed by atoms with E-state index >= 15 is 0 Å². The molecule has 1 saturated heterocycles. The Balaban J connectivity index is 1.89. The molecule has 1 amide bonds. The van der Waals surface area contributed by atoms with Gasteiger partial charge in [-0.25, -0.2) is 4.79 Å². The second kappa shape index (κ2) is 7.01. The van der Waals surface area contributed by atoms with E-state index in [1.54, 1.807) is 19.9 Å². The summed E-state index contributed by atoms with van der Waals surface area (Å²) in [4.78, 5) is 25.9. The molecule has 2 aliphatic rings. The molecule has 0 aliphatic carbocycles. The number of thiocarbonyl (C=S) groups is 1. The number of hydrogen-bond donors (Lipinski definition) is 1. The van der Waals surface area contributed by atoms with Crippen LogP contribution in [0, 0.1) is 5.92 Å². The number of carboxylic acid groups (broad SMARTS) is 1. The van der Waals surface area contributed by atoms with Gasteiger partial charge in [0.15, 0.2) is 0 Å². The number of amides is 1. The molecule has 0 unspecified atom stereocenters. The van der Waals surface area contributed by atoms with Gasteiger partial charge in [0.1, 0.15) is 22.7 Å². The minimum atomic E-state index is -1.05. The van der Waals surface area contributed by atoms with Crippen molar-refractivity contribution in [3.8, 4) is 5.75 Å². The van der Waals surface area contributed by atoms with Crippen molar-refractivity contribution in [1.29, 1.82) is 0 Å². The Bertz CT molecular complexity index is 813. The molecule has 0 saturated carbocycles. The molecule has 7 heteroatoms. The molecule has 1 aromatic carbocycles. The summed E-state index contributed by atoms with van der Waals surface area (Å²) in [5, 5.41) is 9.44. The predicted molar refractivity (Wildman–Crippen MR) is 101 cm³/mol. The van der Waals surface area contributed by atoms with Crippen molar-refractivity contribution in [2.75, 3.05) is 6.61 Å². The Labute approximate surface area is 155 Å². The number of carbonyl (C=O) groups is 2. The summed E-state index contributed by atoms with van der Waals surface area (Å²) >= 11 is 6.38. The SMILES string of the molecule is CC(C)[C@H](C(=O)O)N1C(=O)/C(=C/C2=Cc3ccccc3OC2)SC1=S. The molecule has 1 atom stereocenters. The van der Waals surface area contributed by atoms with Crippen LogP contribution in [0.2, 0.25) is 0 Å². The minimum Gasteiger partial charge on any atom is -0.488 e. The van der Waals surface area contributed by atoms with Gasteiger partial charge in [0.2, 0.25) is 0 Å². The van der Waals surface area contributed by atoms with Gasteiger partial charge in [0.05, 0.1) is 4.91 Å². The number of carbonyl (C=O) groups excluding carboxylic acids is 1. The maximum absolute atomic E-state index is 12.7. The van der Waals surface area contributed by atoms with Crippen LogP contribution in [0.3, 0.4) is 0 Å². The highest BCUT2D eigenvalue weighted by atomic mass is 32.2. The first-order valence-electron chi connectivity index (χ1n) is 7.80. The van der Waals surface area contributed by atoms with E-state index in [1.165, 1.54) is 4.90 Å². The van der Waals surface area contributed by atoms with E-state index in [4.69, 9.17) is 17.0 Å². The van der Waals surface area contributed by atoms with Gasteiger partial charge in [0, 0.05) is 5.56 Å². The van der Waals surface area contributed by atoms with Gasteiger partial charge in [-0.15, -0.1) is 0 Å². The van der Waals surface area contributed by atoms with Crippen LogP contribution < -0.4 is 4.74 Å². The minimum absolute atomic E-state index is 0.247. The van der Waals surface area contributed by atoms with E-state index in [1.807, 2.05) is 30.3 Å². The molecule has 25 heavy (non-hydrogen) atoms. The number of nitrogens with zero attached hydrogens (tertiary/aromatic N) is 1. The average molecular weight is 375 g/mol. The Hall–Kier alpha value is -2.12. The van der Waals surface area contributed by atoms with E-state index < -0.39 is 12.0 Å². The van der Waals surface area contributed by atoms with Crippen LogP contribution in [-0.4, -0.2) is 38.9 Å². The lowest BCUT2D eigenvalue weighted by atomic mass is 10.0. The Morgan fingerprint density at radius 2 is 2.12 bits per heavy atom. The highest BCUT2D eigenvalue weighted by Crippen LogP contribution is 2.36. The number of thioether (sulfide) groups is 1. The summed E-state index contributed by atoms with van der Waals surface area (Å²) < 4.78 is 5.96. The van der Waals surface area contributed by atoms with Crippen molar-refractivity contribution < 1.29 is 19.4 Å². The summed E-state index contributed by atoms with van der Waals surface area (Å²) in [7, 11) is 0. The molecule has 1 aromatic rings. The fraction of sp³-hybridized carbons (Fsp3) is 0.278. The number of hydrogen-bond acceptors (Lipinski definition) is 5. The van der Waals surface area contributed by atoms with Gasteiger partial charge in [-0.05, 0) is 29.7 Å². The van der Waals surface area contributed by atoms with Crippen molar-refractivity contribution in [2.45, 2.75) is 19.9 Å². The van der Waals surface area contributed by atoms with Crippen molar-refractivity contribution in [3.05, 3.63) is 46.4 Å². The molecule has 0 spiro atoms. The van der Waals surface area contributed by atoms with Crippen molar-refractivity contribution in [1.82, 2.24) is 4.90 Å². The Morgan fingerprint density at radius 3 is 2.80 bits per heavy atom. The van der Waals surface area contributed by atoms with E-state index in [9.17, 15) is 14.7 Å². The lowest BCUT2D eigenvalue weighted by Crippen LogP contribution is -2.47. The second-order valence-corrected chi connectivity index (χ2v) is 7.80. The van der Waals surface area contributed by atoms with Gasteiger partial charge in [-0.2, -0.15) is 0 Å². The smallest absolute Gasteiger partial charge is 0.327 e. The van der Waals surface area contributed by atoms with Gasteiger partial charge >= 0.3 is 5.97 Å². The largest absolute Gasteiger partial charge is 0.488 e. The molecular formula is C18H17NO4S2. The summed E-state index contributed by atoms with van der Waals surface area (Å²) in [6, 6.07) is 6.69. The van der Waals surface area contributed by atoms with E-state index in [0.717, 1.165) is 28.6 Å². The van der Waals surface area contributed by atoms with E-state index in [0.29, 0.717) is 11.5 Å². The van der Waals surface area contributed by atoms with Crippen LogP contribution in [0.5, 0.6) is 5.75 Å². The van der Waals surface area contributed by atoms with Crippen molar-refractivity contribution in [3.63, 3.8) is 0 Å². The molecule has 5 nitrogen and oxygen atoms in total. The first kappa shape index (κ1) is 17.7. The van der Waals surface area contributed by atoms with Crippen LogP contribution in [-0.2, 0) is 9.59 Å². The molecule has 0 aromatic heterocycles. The van der Waals surface area contributed by atoms with Crippen LogP contribution >= 0.6 is 24.0 Å². The summed E-state index contributed by atoms with van der Waals surface area (Å²) in [6.45, 7) is 3.87. The molecule has 3 rings (SSSR count). The molecule has 0 radical (unpaired) electrons. The number of rotatable bonds is 4. The number of fused-ring (bicyclic) bond motifs is 1. The number of carboxylic acids is 1. The van der Waals surface area contributed by atoms with Gasteiger partial charge in [-0.3, -0.25) is 9.69 Å². The molecule has 1 fully saturated rings. The summed E-state index contributed by atoms with van der Waals surface area (Å²) in [6.07, 6.45) is 3.69. The van der Waals surface area contributed by atoms with Crippen molar-refractivity contribution in [2.24, 2.45) is 5.92 Å². The maximum atomic E-state index is 12.7. The molecule has 0 bridgehead atoms. The zero-order chi connectivity index (χ0) is 18.1. The van der Waals surface area contributed by atoms with Gasteiger partial charge < -0.3 is 9.84 Å². The highest BCUT2D eigenvalue weighted by Gasteiger charge is 2.42. The zero-order valence-electron chi connectivity index (χ0n) is 13.8. The number of para-hydroxylation sites is 1. The first-order valence-corrected chi connectivity index (χ1v) is 9.03. The first-order chi connectivity index (χ1) is 11.9. The predicted octanol–water partition coefficient (Wildman–Crippen LogP) is 3.32. The highest BCUT2D eigenvalue weighted by molar-refractivity contribution is 8.26. The average Bonchev–Trinajstić information content (AvgIpc) is 2.82. The standard InChI is InChI=1S/C18H17NO4S2/c1-10(2)15(17(21)22)19-16(20)14(25-18(19)24)8-11-7-12-5-3-4-6-13(12)23-9-11/h3-8,10,15H,9H2,1-2H3,(H,21,22)/b14-8-/t15-/m1/s1. The van der Waals surface area contributed by atoms with E-state index in [-0.39, 0.29) is 16.1 Å². The van der Waals surface area contributed by atoms with Gasteiger partial charge in [-0.1, -0.05) is 56.0 Å². The number of ether oxygens (including phenoxy) is 1. The molecule has 130 valence electrons. The monoisotopic (exact) mass is 375 g/mol. The third kappa shape index (κ3) is 3.48. The molecule has 2 heterocycles. The maximum Gasteiger partial charge on any atom is 0.327 e. The number of aliphatic carboxylic acids is 1. The summed E-state index contributed by atoms with van der Waals surface area (Å²) in [5.41, 5.74) is 1.79. The van der Waals surface area contributed by atoms with Gasteiger partial charge in [0.25, 0.3) is 5.91 Å². The van der Waals surface area contributed by atoms with Crippen LogP contribution in [0.15, 0.2) is 40.8 Å². The normalized spacial score (nSPS) is 19.7. The van der Waals surface area contributed by atoms with Crippen LogP contribution in [0.4, 0.5) is 0 Å².